The SMILES string of the molecule is COC(=O)CCCNC(=O)c1sc2ccc(OC)cc2c1OC(C)C. The van der Waals surface area contributed by atoms with Gasteiger partial charge in [0.2, 0.25) is 0 Å². The van der Waals surface area contributed by atoms with Crippen LogP contribution in [0.15, 0.2) is 18.2 Å². The maximum absolute atomic E-state index is 12.6. The van der Waals surface area contributed by atoms with Crippen molar-refractivity contribution in [3.63, 3.8) is 0 Å². The summed E-state index contributed by atoms with van der Waals surface area (Å²) in [6, 6.07) is 5.65. The van der Waals surface area contributed by atoms with E-state index in [1.54, 1.807) is 7.11 Å². The van der Waals surface area contributed by atoms with E-state index in [4.69, 9.17) is 9.47 Å². The van der Waals surface area contributed by atoms with Crippen LogP contribution in [0, 0.1) is 0 Å². The number of esters is 1. The molecule has 0 aliphatic heterocycles. The number of hydrogen-bond acceptors (Lipinski definition) is 6. The fourth-order valence-corrected chi connectivity index (χ4v) is 3.33. The molecule has 0 radical (unpaired) electrons. The number of carbonyl (C=O) groups excluding carboxylic acids is 2. The third-order valence-electron chi connectivity index (χ3n) is 3.48. The Hall–Kier alpha value is -2.28. The molecule has 1 N–H and O–H groups in total. The molecule has 2 rings (SSSR count). The van der Waals surface area contributed by atoms with Gasteiger partial charge in [-0.05, 0) is 38.5 Å². The van der Waals surface area contributed by atoms with Crippen LogP contribution in [0.25, 0.3) is 10.1 Å². The van der Waals surface area contributed by atoms with Crippen LogP contribution < -0.4 is 14.8 Å². The van der Waals surface area contributed by atoms with Gasteiger partial charge >= 0.3 is 5.97 Å². The van der Waals surface area contributed by atoms with Gasteiger partial charge in [0.1, 0.15) is 10.6 Å². The van der Waals surface area contributed by atoms with Gasteiger partial charge in [-0.2, -0.15) is 0 Å². The highest BCUT2D eigenvalue weighted by atomic mass is 32.1. The van der Waals surface area contributed by atoms with Gasteiger partial charge < -0.3 is 19.5 Å². The molecule has 25 heavy (non-hydrogen) atoms. The summed E-state index contributed by atoms with van der Waals surface area (Å²) in [5.41, 5.74) is 0. The van der Waals surface area contributed by atoms with Gasteiger partial charge in [-0.1, -0.05) is 0 Å². The number of rotatable bonds is 8. The molecule has 0 fully saturated rings. The average molecular weight is 365 g/mol. The fraction of sp³-hybridized carbons (Fsp3) is 0.444. The fourth-order valence-electron chi connectivity index (χ4n) is 2.30. The van der Waals surface area contributed by atoms with Gasteiger partial charge in [-0.15, -0.1) is 11.3 Å². The van der Waals surface area contributed by atoms with Crippen LogP contribution in [0.3, 0.4) is 0 Å². The van der Waals surface area contributed by atoms with Crippen molar-refractivity contribution in [2.75, 3.05) is 20.8 Å². The zero-order valence-electron chi connectivity index (χ0n) is 14.9. The minimum absolute atomic E-state index is 0.0603. The second-order valence-corrected chi connectivity index (χ2v) is 6.78. The van der Waals surface area contributed by atoms with Gasteiger partial charge in [-0.25, -0.2) is 0 Å². The van der Waals surface area contributed by atoms with E-state index in [0.717, 1.165) is 10.1 Å². The Kier molecular flexibility index (Phi) is 6.64. The molecule has 1 heterocycles. The standard InChI is InChI=1S/C18H23NO5S/c1-11(2)24-16-13-10-12(22-3)7-8-14(13)25-17(16)18(21)19-9-5-6-15(20)23-4/h7-8,10-11H,5-6,9H2,1-4H3,(H,19,21). The van der Waals surface area contributed by atoms with E-state index in [1.807, 2.05) is 32.0 Å². The van der Waals surface area contributed by atoms with Gasteiger partial charge in [0.05, 0.1) is 20.3 Å². The van der Waals surface area contributed by atoms with Crippen molar-refractivity contribution in [3.8, 4) is 11.5 Å². The van der Waals surface area contributed by atoms with E-state index in [2.05, 4.69) is 10.1 Å². The lowest BCUT2D eigenvalue weighted by Crippen LogP contribution is -2.25. The normalized spacial score (nSPS) is 10.8. The molecule has 0 aliphatic rings. The summed E-state index contributed by atoms with van der Waals surface area (Å²) in [5.74, 6) is 0.788. The summed E-state index contributed by atoms with van der Waals surface area (Å²) in [7, 11) is 2.95. The Labute approximate surface area is 151 Å². The van der Waals surface area contributed by atoms with Crippen molar-refractivity contribution in [2.24, 2.45) is 0 Å². The number of ether oxygens (including phenoxy) is 3. The number of fused-ring (bicyclic) bond motifs is 1. The number of hydrogen-bond donors (Lipinski definition) is 1. The number of methoxy groups -OCH3 is 2. The van der Waals surface area contributed by atoms with E-state index >= 15 is 0 Å². The molecule has 2 aromatic rings. The van der Waals surface area contributed by atoms with Crippen molar-refractivity contribution < 1.29 is 23.8 Å². The molecule has 136 valence electrons. The highest BCUT2D eigenvalue weighted by Crippen LogP contribution is 2.40. The van der Waals surface area contributed by atoms with Gasteiger partial charge in [0, 0.05) is 23.1 Å². The summed E-state index contributed by atoms with van der Waals surface area (Å²) in [6.07, 6.45) is 0.739. The van der Waals surface area contributed by atoms with Crippen molar-refractivity contribution in [2.45, 2.75) is 32.8 Å². The molecule has 0 saturated carbocycles. The van der Waals surface area contributed by atoms with Crippen molar-refractivity contribution >= 4 is 33.3 Å². The first-order valence-electron chi connectivity index (χ1n) is 8.08. The van der Waals surface area contributed by atoms with Crippen LogP contribution in [-0.4, -0.2) is 38.7 Å². The molecule has 0 atom stereocenters. The number of amides is 1. The molecular formula is C18H23NO5S. The third-order valence-corrected chi connectivity index (χ3v) is 4.63. The Bertz CT molecular complexity index is 753. The molecule has 0 aliphatic carbocycles. The molecule has 6 nitrogen and oxygen atoms in total. The summed E-state index contributed by atoms with van der Waals surface area (Å²) >= 11 is 1.38. The highest BCUT2D eigenvalue weighted by molar-refractivity contribution is 7.21. The lowest BCUT2D eigenvalue weighted by molar-refractivity contribution is -0.140. The maximum atomic E-state index is 12.6. The summed E-state index contributed by atoms with van der Waals surface area (Å²) < 4.78 is 16.7. The Balaban J connectivity index is 2.20. The first kappa shape index (κ1) is 19.1. The first-order chi connectivity index (χ1) is 12.0. The Morgan fingerprint density at radius 1 is 1.24 bits per heavy atom. The van der Waals surface area contributed by atoms with Crippen LogP contribution in [0.5, 0.6) is 11.5 Å². The van der Waals surface area contributed by atoms with Crippen LogP contribution in [0.1, 0.15) is 36.4 Å². The van der Waals surface area contributed by atoms with Gasteiger partial charge in [0.15, 0.2) is 5.75 Å². The van der Waals surface area contributed by atoms with Crippen LogP contribution in [0.2, 0.25) is 0 Å². The molecule has 1 aromatic carbocycles. The zero-order chi connectivity index (χ0) is 18.4. The Morgan fingerprint density at radius 3 is 2.64 bits per heavy atom. The van der Waals surface area contributed by atoms with Gasteiger partial charge in [0.25, 0.3) is 5.91 Å². The molecule has 0 saturated heterocycles. The second kappa shape index (κ2) is 8.71. The number of benzene rings is 1. The van der Waals surface area contributed by atoms with Crippen molar-refractivity contribution in [1.82, 2.24) is 5.32 Å². The van der Waals surface area contributed by atoms with Crippen molar-refractivity contribution in [3.05, 3.63) is 23.1 Å². The van der Waals surface area contributed by atoms with Crippen molar-refractivity contribution in [1.29, 1.82) is 0 Å². The molecule has 1 amide bonds. The summed E-state index contributed by atoms with van der Waals surface area (Å²) in [5, 5.41) is 3.69. The highest BCUT2D eigenvalue weighted by Gasteiger charge is 2.21. The topological polar surface area (TPSA) is 73.9 Å². The molecular weight excluding hydrogens is 342 g/mol. The average Bonchev–Trinajstić information content (AvgIpc) is 2.95. The monoisotopic (exact) mass is 365 g/mol. The minimum Gasteiger partial charge on any atom is -0.497 e. The predicted molar refractivity (Wildman–Crippen MR) is 97.7 cm³/mol. The van der Waals surface area contributed by atoms with Crippen LogP contribution in [0.4, 0.5) is 0 Å². The second-order valence-electron chi connectivity index (χ2n) is 5.72. The van der Waals surface area contributed by atoms with E-state index in [0.29, 0.717) is 29.3 Å². The largest absolute Gasteiger partial charge is 0.497 e. The summed E-state index contributed by atoms with van der Waals surface area (Å²) in [4.78, 5) is 24.2. The van der Waals surface area contributed by atoms with Crippen LogP contribution >= 0.6 is 11.3 Å². The maximum Gasteiger partial charge on any atom is 0.305 e. The first-order valence-corrected chi connectivity index (χ1v) is 8.90. The molecule has 0 unspecified atom stereocenters. The van der Waals surface area contributed by atoms with E-state index in [1.165, 1.54) is 18.4 Å². The minimum atomic E-state index is -0.285. The molecule has 7 heteroatoms. The van der Waals surface area contributed by atoms with Crippen LogP contribution in [-0.2, 0) is 9.53 Å². The molecule has 0 spiro atoms. The lowest BCUT2D eigenvalue weighted by Gasteiger charge is -2.11. The third kappa shape index (κ3) is 4.85. The summed E-state index contributed by atoms with van der Waals surface area (Å²) in [6.45, 7) is 4.23. The van der Waals surface area contributed by atoms with Gasteiger partial charge in [-0.3, -0.25) is 9.59 Å². The Morgan fingerprint density at radius 2 is 2.00 bits per heavy atom. The number of carbonyl (C=O) groups is 2. The molecule has 0 bridgehead atoms. The smallest absolute Gasteiger partial charge is 0.305 e. The lowest BCUT2D eigenvalue weighted by atomic mass is 10.2. The zero-order valence-corrected chi connectivity index (χ0v) is 15.7. The predicted octanol–water partition coefficient (Wildman–Crippen LogP) is 3.38. The van der Waals surface area contributed by atoms with E-state index in [9.17, 15) is 9.59 Å². The quantitative estimate of drug-likeness (QED) is 0.573. The number of thiophene rings is 1. The number of nitrogens with one attached hydrogen (secondary N) is 1. The van der Waals surface area contributed by atoms with E-state index < -0.39 is 0 Å². The van der Waals surface area contributed by atoms with E-state index in [-0.39, 0.29) is 24.4 Å². The molecule has 1 aromatic heterocycles.